The van der Waals surface area contributed by atoms with Crippen LogP contribution in [0.5, 0.6) is 0 Å². The van der Waals surface area contributed by atoms with Crippen LogP contribution < -0.4 is 5.32 Å². The van der Waals surface area contributed by atoms with E-state index in [-0.39, 0.29) is 5.54 Å². The van der Waals surface area contributed by atoms with Crippen LogP contribution in [0.15, 0.2) is 18.6 Å². The van der Waals surface area contributed by atoms with E-state index in [0.29, 0.717) is 0 Å². The molecular weight excluding hydrogens is 150 g/mol. The van der Waals surface area contributed by atoms with Gasteiger partial charge >= 0.3 is 0 Å². The lowest BCUT2D eigenvalue weighted by molar-refractivity contribution is 0.545. The highest BCUT2D eigenvalue weighted by molar-refractivity contribution is 5.34. The van der Waals surface area contributed by atoms with Crippen LogP contribution in [0.25, 0.3) is 0 Å². The fourth-order valence-corrected chi connectivity index (χ4v) is 0.800. The third-order valence-electron chi connectivity index (χ3n) is 1.93. The fourth-order valence-electron chi connectivity index (χ4n) is 0.800. The van der Waals surface area contributed by atoms with E-state index >= 15 is 0 Å². The zero-order valence-electron chi connectivity index (χ0n) is 7.83. The minimum atomic E-state index is 0.106. The summed E-state index contributed by atoms with van der Waals surface area (Å²) in [5.41, 5.74) is 0.106. The lowest BCUT2D eigenvalue weighted by atomic mass is 10.0. The van der Waals surface area contributed by atoms with Crippen molar-refractivity contribution < 1.29 is 0 Å². The van der Waals surface area contributed by atoms with E-state index in [1.165, 1.54) is 0 Å². The Hall–Kier alpha value is -1.12. The van der Waals surface area contributed by atoms with Gasteiger partial charge in [0.15, 0.2) is 0 Å². The largest absolute Gasteiger partial charge is 0.365 e. The van der Waals surface area contributed by atoms with Crippen LogP contribution in [0.1, 0.15) is 27.2 Å². The quantitative estimate of drug-likeness (QED) is 0.745. The molecule has 0 atom stereocenters. The number of hydrogen-bond donors (Lipinski definition) is 1. The van der Waals surface area contributed by atoms with Gasteiger partial charge in [-0.2, -0.15) is 0 Å². The number of nitrogens with zero attached hydrogens (tertiary/aromatic N) is 2. The molecule has 3 nitrogen and oxygen atoms in total. The first-order valence-electron chi connectivity index (χ1n) is 4.18. The maximum Gasteiger partial charge on any atom is 0.129 e. The standard InChI is InChI=1S/C9H15N3/c1-4-9(2,3)12-8-5-6-10-7-11-8/h5-7H,4H2,1-3H3,(H,10,11,12). The highest BCUT2D eigenvalue weighted by Gasteiger charge is 2.13. The molecule has 0 radical (unpaired) electrons. The molecule has 0 aliphatic heterocycles. The molecule has 0 aliphatic rings. The molecule has 0 amide bonds. The van der Waals surface area contributed by atoms with Gasteiger partial charge < -0.3 is 5.32 Å². The molecule has 1 rings (SSSR count). The molecule has 0 spiro atoms. The maximum atomic E-state index is 4.09. The Morgan fingerprint density at radius 2 is 2.25 bits per heavy atom. The summed E-state index contributed by atoms with van der Waals surface area (Å²) in [7, 11) is 0. The Morgan fingerprint density at radius 3 is 2.75 bits per heavy atom. The Balaban J connectivity index is 2.64. The summed E-state index contributed by atoms with van der Waals surface area (Å²) in [5, 5.41) is 3.32. The summed E-state index contributed by atoms with van der Waals surface area (Å²) in [5.74, 6) is 0.886. The molecule has 0 fully saturated rings. The minimum Gasteiger partial charge on any atom is -0.365 e. The van der Waals surface area contributed by atoms with E-state index in [4.69, 9.17) is 0 Å². The van der Waals surface area contributed by atoms with Crippen molar-refractivity contribution in [2.24, 2.45) is 0 Å². The fraction of sp³-hybridized carbons (Fsp3) is 0.556. The molecule has 12 heavy (non-hydrogen) atoms. The summed E-state index contributed by atoms with van der Waals surface area (Å²) in [6.07, 6.45) is 4.35. The first kappa shape index (κ1) is 8.97. The minimum absolute atomic E-state index is 0.106. The molecule has 0 aromatic carbocycles. The van der Waals surface area contributed by atoms with Crippen molar-refractivity contribution >= 4 is 5.82 Å². The van der Waals surface area contributed by atoms with E-state index in [1.807, 2.05) is 6.07 Å². The number of nitrogens with one attached hydrogen (secondary N) is 1. The van der Waals surface area contributed by atoms with Crippen LogP contribution in [0, 0.1) is 0 Å². The van der Waals surface area contributed by atoms with Crippen molar-refractivity contribution in [1.29, 1.82) is 0 Å². The highest BCUT2D eigenvalue weighted by atomic mass is 15.1. The zero-order valence-corrected chi connectivity index (χ0v) is 7.83. The number of hydrogen-bond acceptors (Lipinski definition) is 3. The molecule has 0 saturated heterocycles. The van der Waals surface area contributed by atoms with Crippen molar-refractivity contribution in [3.05, 3.63) is 18.6 Å². The van der Waals surface area contributed by atoms with E-state index in [1.54, 1.807) is 12.5 Å². The third-order valence-corrected chi connectivity index (χ3v) is 1.93. The van der Waals surface area contributed by atoms with E-state index in [0.717, 1.165) is 12.2 Å². The summed E-state index contributed by atoms with van der Waals surface area (Å²) in [6.45, 7) is 6.44. The van der Waals surface area contributed by atoms with E-state index < -0.39 is 0 Å². The monoisotopic (exact) mass is 165 g/mol. The van der Waals surface area contributed by atoms with Crippen LogP contribution in [0.3, 0.4) is 0 Å². The lowest BCUT2D eigenvalue weighted by Crippen LogP contribution is -2.30. The average molecular weight is 165 g/mol. The van der Waals surface area contributed by atoms with Crippen molar-refractivity contribution in [1.82, 2.24) is 9.97 Å². The highest BCUT2D eigenvalue weighted by Crippen LogP contribution is 2.14. The van der Waals surface area contributed by atoms with Crippen molar-refractivity contribution in [2.75, 3.05) is 5.32 Å². The topological polar surface area (TPSA) is 37.8 Å². The van der Waals surface area contributed by atoms with E-state index in [2.05, 4.69) is 36.1 Å². The predicted molar refractivity (Wildman–Crippen MR) is 50.0 cm³/mol. The Kier molecular flexibility index (Phi) is 2.63. The molecule has 0 saturated carbocycles. The first-order chi connectivity index (χ1) is 5.64. The SMILES string of the molecule is CCC(C)(C)Nc1ccncn1. The summed E-state index contributed by atoms with van der Waals surface area (Å²) < 4.78 is 0. The summed E-state index contributed by atoms with van der Waals surface area (Å²) >= 11 is 0. The number of aromatic nitrogens is 2. The number of rotatable bonds is 3. The molecule has 1 heterocycles. The Labute approximate surface area is 73.2 Å². The van der Waals surface area contributed by atoms with Gasteiger partial charge in [0.1, 0.15) is 12.1 Å². The van der Waals surface area contributed by atoms with Crippen molar-refractivity contribution in [3.8, 4) is 0 Å². The predicted octanol–water partition coefficient (Wildman–Crippen LogP) is 2.08. The molecule has 0 aliphatic carbocycles. The van der Waals surface area contributed by atoms with Gasteiger partial charge in [-0.15, -0.1) is 0 Å². The molecule has 1 aromatic heterocycles. The van der Waals surface area contributed by atoms with Crippen LogP contribution in [0.4, 0.5) is 5.82 Å². The number of anilines is 1. The lowest BCUT2D eigenvalue weighted by Gasteiger charge is -2.24. The van der Waals surface area contributed by atoms with Gasteiger partial charge in [-0.1, -0.05) is 6.92 Å². The van der Waals surface area contributed by atoms with Crippen molar-refractivity contribution in [3.63, 3.8) is 0 Å². The maximum absolute atomic E-state index is 4.09. The Bertz CT molecular complexity index is 231. The molecule has 66 valence electrons. The van der Waals surface area contributed by atoms with Gasteiger partial charge in [0.25, 0.3) is 0 Å². The van der Waals surface area contributed by atoms with Crippen LogP contribution in [-0.2, 0) is 0 Å². The van der Waals surface area contributed by atoms with Crippen LogP contribution in [0.2, 0.25) is 0 Å². The van der Waals surface area contributed by atoms with Gasteiger partial charge in [-0.3, -0.25) is 0 Å². The normalized spacial score (nSPS) is 11.2. The molecular formula is C9H15N3. The summed E-state index contributed by atoms with van der Waals surface area (Å²) in [6, 6.07) is 1.87. The second-order valence-corrected chi connectivity index (χ2v) is 3.46. The third kappa shape index (κ3) is 2.49. The smallest absolute Gasteiger partial charge is 0.129 e. The van der Waals surface area contributed by atoms with Crippen molar-refractivity contribution in [2.45, 2.75) is 32.7 Å². The Morgan fingerprint density at radius 1 is 1.50 bits per heavy atom. The van der Waals surface area contributed by atoms with Gasteiger partial charge in [0.05, 0.1) is 0 Å². The summed E-state index contributed by atoms with van der Waals surface area (Å²) in [4.78, 5) is 7.94. The molecule has 1 aromatic rings. The van der Waals surface area contributed by atoms with E-state index in [9.17, 15) is 0 Å². The second kappa shape index (κ2) is 3.52. The van der Waals surface area contributed by atoms with Crippen LogP contribution in [-0.4, -0.2) is 15.5 Å². The molecule has 0 unspecified atom stereocenters. The second-order valence-electron chi connectivity index (χ2n) is 3.46. The van der Waals surface area contributed by atoms with Crippen LogP contribution >= 0.6 is 0 Å². The average Bonchev–Trinajstić information content (AvgIpc) is 2.06. The molecule has 1 N–H and O–H groups in total. The van der Waals surface area contributed by atoms with Gasteiger partial charge in [-0.05, 0) is 26.3 Å². The van der Waals surface area contributed by atoms with Gasteiger partial charge in [0, 0.05) is 11.7 Å². The van der Waals surface area contributed by atoms with Gasteiger partial charge in [0.2, 0.25) is 0 Å². The first-order valence-corrected chi connectivity index (χ1v) is 4.18. The van der Waals surface area contributed by atoms with Gasteiger partial charge in [-0.25, -0.2) is 9.97 Å². The zero-order chi connectivity index (χ0) is 9.03. The molecule has 0 bridgehead atoms. The molecule has 3 heteroatoms.